The van der Waals surface area contributed by atoms with Gasteiger partial charge in [0.05, 0.1) is 0 Å². The largest absolute Gasteiger partial charge is 0.330 e. The summed E-state index contributed by atoms with van der Waals surface area (Å²) in [5.41, 5.74) is 6.24. The molecule has 0 aromatic heterocycles. The van der Waals surface area contributed by atoms with Crippen LogP contribution in [0.15, 0.2) is 0 Å². The lowest BCUT2D eigenvalue weighted by atomic mass is 9.94. The highest BCUT2D eigenvalue weighted by molar-refractivity contribution is 4.97. The van der Waals surface area contributed by atoms with E-state index in [2.05, 4.69) is 26.1 Å². The van der Waals surface area contributed by atoms with Crippen LogP contribution in [0.3, 0.4) is 0 Å². The SMILES string of the molecule is CC(C)CC(CN)CCNC1(C)CC1. The van der Waals surface area contributed by atoms with Crippen LogP contribution in [0.2, 0.25) is 0 Å². The number of nitrogens with two attached hydrogens (primary N) is 1. The molecule has 2 heteroatoms. The topological polar surface area (TPSA) is 38.0 Å². The van der Waals surface area contributed by atoms with Crippen molar-refractivity contribution in [3.8, 4) is 0 Å². The third kappa shape index (κ3) is 4.43. The molecule has 0 aliphatic heterocycles. The summed E-state index contributed by atoms with van der Waals surface area (Å²) in [4.78, 5) is 0. The fraction of sp³-hybridized carbons (Fsp3) is 1.00. The summed E-state index contributed by atoms with van der Waals surface area (Å²) in [6.07, 6.45) is 5.22. The highest BCUT2D eigenvalue weighted by atomic mass is 15.0. The molecule has 0 aromatic rings. The Labute approximate surface area is 88.6 Å². The molecule has 14 heavy (non-hydrogen) atoms. The van der Waals surface area contributed by atoms with Crippen LogP contribution in [0.1, 0.15) is 46.5 Å². The fourth-order valence-electron chi connectivity index (χ4n) is 1.94. The third-order valence-electron chi connectivity index (χ3n) is 3.24. The average molecular weight is 198 g/mol. The lowest BCUT2D eigenvalue weighted by molar-refractivity contribution is 0.374. The Kier molecular flexibility index (Phi) is 4.39. The molecule has 2 nitrogen and oxygen atoms in total. The first kappa shape index (κ1) is 12.0. The Hall–Kier alpha value is -0.0800. The first-order chi connectivity index (χ1) is 6.56. The third-order valence-corrected chi connectivity index (χ3v) is 3.24. The number of hydrogen-bond donors (Lipinski definition) is 2. The van der Waals surface area contributed by atoms with Gasteiger partial charge in [-0.2, -0.15) is 0 Å². The van der Waals surface area contributed by atoms with Crippen molar-refractivity contribution >= 4 is 0 Å². The fourth-order valence-corrected chi connectivity index (χ4v) is 1.94. The van der Waals surface area contributed by atoms with Gasteiger partial charge in [0.15, 0.2) is 0 Å². The molecule has 0 bridgehead atoms. The van der Waals surface area contributed by atoms with E-state index < -0.39 is 0 Å². The molecule has 1 unspecified atom stereocenters. The maximum atomic E-state index is 5.76. The van der Waals surface area contributed by atoms with Crippen molar-refractivity contribution in [3.63, 3.8) is 0 Å². The van der Waals surface area contributed by atoms with Crippen molar-refractivity contribution in [2.75, 3.05) is 13.1 Å². The monoisotopic (exact) mass is 198 g/mol. The summed E-state index contributed by atoms with van der Waals surface area (Å²) < 4.78 is 0. The van der Waals surface area contributed by atoms with Gasteiger partial charge in [0, 0.05) is 5.54 Å². The molecule has 0 aromatic carbocycles. The maximum Gasteiger partial charge on any atom is 0.0154 e. The second-order valence-electron chi connectivity index (χ2n) is 5.51. The molecule has 1 fully saturated rings. The highest BCUT2D eigenvalue weighted by Crippen LogP contribution is 2.34. The normalized spacial score (nSPS) is 21.2. The van der Waals surface area contributed by atoms with E-state index in [0.717, 1.165) is 19.0 Å². The van der Waals surface area contributed by atoms with E-state index in [-0.39, 0.29) is 0 Å². The molecular weight excluding hydrogens is 172 g/mol. The van der Waals surface area contributed by atoms with Crippen molar-refractivity contribution in [1.82, 2.24) is 5.32 Å². The predicted molar refractivity (Wildman–Crippen MR) is 62.3 cm³/mol. The predicted octanol–water partition coefficient (Wildman–Crippen LogP) is 2.14. The van der Waals surface area contributed by atoms with E-state index in [4.69, 9.17) is 5.73 Å². The lowest BCUT2D eigenvalue weighted by Gasteiger charge is -2.18. The summed E-state index contributed by atoms with van der Waals surface area (Å²) in [6, 6.07) is 0. The van der Waals surface area contributed by atoms with Crippen molar-refractivity contribution in [3.05, 3.63) is 0 Å². The van der Waals surface area contributed by atoms with Gasteiger partial charge in [-0.15, -0.1) is 0 Å². The molecule has 1 saturated carbocycles. The first-order valence-electron chi connectivity index (χ1n) is 6.01. The van der Waals surface area contributed by atoms with Gasteiger partial charge in [-0.25, -0.2) is 0 Å². The standard InChI is InChI=1S/C12H26N2/c1-10(2)8-11(9-13)4-7-14-12(3)5-6-12/h10-11,14H,4-9,13H2,1-3H3. The molecule has 1 aliphatic carbocycles. The zero-order valence-electron chi connectivity index (χ0n) is 9.97. The van der Waals surface area contributed by atoms with Crippen molar-refractivity contribution < 1.29 is 0 Å². The Balaban J connectivity index is 2.07. The molecule has 1 rings (SSSR count). The van der Waals surface area contributed by atoms with Crippen LogP contribution in [-0.4, -0.2) is 18.6 Å². The number of nitrogens with one attached hydrogen (secondary N) is 1. The highest BCUT2D eigenvalue weighted by Gasteiger charge is 2.36. The van der Waals surface area contributed by atoms with Gasteiger partial charge in [-0.05, 0) is 57.5 Å². The summed E-state index contributed by atoms with van der Waals surface area (Å²) >= 11 is 0. The summed E-state index contributed by atoms with van der Waals surface area (Å²) in [5, 5.41) is 3.62. The zero-order valence-corrected chi connectivity index (χ0v) is 9.97. The Bertz CT molecular complexity index is 162. The number of hydrogen-bond acceptors (Lipinski definition) is 2. The molecule has 0 saturated heterocycles. The summed E-state index contributed by atoms with van der Waals surface area (Å²) in [6.45, 7) is 8.85. The number of rotatable bonds is 7. The summed E-state index contributed by atoms with van der Waals surface area (Å²) in [7, 11) is 0. The maximum absolute atomic E-state index is 5.76. The molecule has 1 aliphatic rings. The second-order valence-corrected chi connectivity index (χ2v) is 5.51. The van der Waals surface area contributed by atoms with Crippen molar-refractivity contribution in [2.45, 2.75) is 52.0 Å². The smallest absolute Gasteiger partial charge is 0.0154 e. The quantitative estimate of drug-likeness (QED) is 0.658. The van der Waals surface area contributed by atoms with Gasteiger partial charge in [-0.1, -0.05) is 13.8 Å². The Morgan fingerprint density at radius 3 is 2.43 bits per heavy atom. The van der Waals surface area contributed by atoms with Gasteiger partial charge < -0.3 is 11.1 Å². The Morgan fingerprint density at radius 2 is 2.00 bits per heavy atom. The van der Waals surface area contributed by atoms with Crippen molar-refractivity contribution in [1.29, 1.82) is 0 Å². The first-order valence-corrected chi connectivity index (χ1v) is 6.01. The van der Waals surface area contributed by atoms with Crippen LogP contribution < -0.4 is 11.1 Å². The zero-order chi connectivity index (χ0) is 10.6. The van der Waals surface area contributed by atoms with Gasteiger partial charge in [0.2, 0.25) is 0 Å². The van der Waals surface area contributed by atoms with Crippen LogP contribution in [0.4, 0.5) is 0 Å². The van der Waals surface area contributed by atoms with Gasteiger partial charge >= 0.3 is 0 Å². The minimum absolute atomic E-state index is 0.483. The Morgan fingerprint density at radius 1 is 1.36 bits per heavy atom. The van der Waals surface area contributed by atoms with E-state index in [1.54, 1.807) is 0 Å². The molecule has 3 N–H and O–H groups in total. The second kappa shape index (κ2) is 5.13. The van der Waals surface area contributed by atoms with Crippen LogP contribution in [0, 0.1) is 11.8 Å². The minimum Gasteiger partial charge on any atom is -0.330 e. The molecule has 84 valence electrons. The molecule has 0 heterocycles. The van der Waals surface area contributed by atoms with E-state index in [1.807, 2.05) is 0 Å². The van der Waals surface area contributed by atoms with Crippen LogP contribution in [0.5, 0.6) is 0 Å². The molecular formula is C12H26N2. The summed E-state index contributed by atoms with van der Waals surface area (Å²) in [5.74, 6) is 1.49. The van der Waals surface area contributed by atoms with E-state index in [1.165, 1.54) is 25.7 Å². The van der Waals surface area contributed by atoms with E-state index in [9.17, 15) is 0 Å². The average Bonchev–Trinajstić information content (AvgIpc) is 2.81. The van der Waals surface area contributed by atoms with Gasteiger partial charge in [-0.3, -0.25) is 0 Å². The molecule has 1 atom stereocenters. The van der Waals surface area contributed by atoms with Crippen molar-refractivity contribution in [2.24, 2.45) is 17.6 Å². The molecule has 0 spiro atoms. The minimum atomic E-state index is 0.483. The molecule has 0 radical (unpaired) electrons. The van der Waals surface area contributed by atoms with E-state index in [0.29, 0.717) is 11.5 Å². The van der Waals surface area contributed by atoms with Crippen LogP contribution in [-0.2, 0) is 0 Å². The van der Waals surface area contributed by atoms with Gasteiger partial charge in [0.25, 0.3) is 0 Å². The van der Waals surface area contributed by atoms with E-state index >= 15 is 0 Å². The van der Waals surface area contributed by atoms with Gasteiger partial charge in [0.1, 0.15) is 0 Å². The van der Waals surface area contributed by atoms with Crippen LogP contribution >= 0.6 is 0 Å². The van der Waals surface area contributed by atoms with Crippen LogP contribution in [0.25, 0.3) is 0 Å². The lowest BCUT2D eigenvalue weighted by Crippen LogP contribution is -2.31. The molecule has 0 amide bonds.